The van der Waals surface area contributed by atoms with Gasteiger partial charge in [0.15, 0.2) is 0 Å². The molecule has 0 unspecified atom stereocenters. The molecule has 27 valence electrons. The van der Waals surface area contributed by atoms with Gasteiger partial charge in [-0.3, -0.25) is 0 Å². The summed E-state index contributed by atoms with van der Waals surface area (Å²) in [6.45, 7) is 0. The van der Waals surface area contributed by atoms with Crippen molar-refractivity contribution in [1.82, 2.24) is 0 Å². The van der Waals surface area contributed by atoms with Crippen LogP contribution in [0.5, 0.6) is 0 Å². The average molecular weight is 397 g/mol. The Labute approximate surface area is 82.9 Å². The minimum atomic E-state index is 0. The van der Waals surface area contributed by atoms with Crippen LogP contribution in [-0.2, 0) is 16.4 Å². The van der Waals surface area contributed by atoms with Gasteiger partial charge in [-0.1, -0.05) is 0 Å². The van der Waals surface area contributed by atoms with E-state index < -0.39 is 0 Å². The van der Waals surface area contributed by atoms with E-state index in [9.17, 15) is 0 Å². The van der Waals surface area contributed by atoms with Crippen LogP contribution in [0.2, 0.25) is 0 Å². The smallest absolute Gasteiger partial charge is 2.00 e. The van der Waals surface area contributed by atoms with Gasteiger partial charge in [0.05, 0.1) is 0 Å². The molecule has 0 aliphatic rings. The largest absolute Gasteiger partial charge is 3.00 e. The van der Waals surface area contributed by atoms with E-state index in [2.05, 4.69) is 0 Å². The molecule has 0 heterocycles. The van der Waals surface area contributed by atoms with Gasteiger partial charge in [0.1, 0.15) is 0 Å². The van der Waals surface area contributed by atoms with Crippen molar-refractivity contribution in [2.24, 2.45) is 0 Å². The van der Waals surface area contributed by atoms with Crippen LogP contribution < -0.4 is 0 Å². The van der Waals surface area contributed by atoms with Crippen LogP contribution in [0.15, 0.2) is 0 Å². The van der Waals surface area contributed by atoms with Crippen molar-refractivity contribution >= 4 is 26.2 Å². The zero-order valence-electron chi connectivity index (χ0n) is 2.17. The third-order valence-corrected chi connectivity index (χ3v) is 0. The first kappa shape index (κ1) is 58.8. The molecule has 0 saturated carbocycles. The molecular weight excluding hydrogens is 397 g/mol. The van der Waals surface area contributed by atoms with Gasteiger partial charge in [0.2, 0.25) is 0 Å². The second-order valence-corrected chi connectivity index (χ2v) is 0. The van der Waals surface area contributed by atoms with Crippen molar-refractivity contribution in [2.45, 2.75) is 0 Å². The van der Waals surface area contributed by atoms with Gasteiger partial charge in [-0.15, -0.1) is 0 Å². The van der Waals surface area contributed by atoms with Crippen LogP contribution in [0.1, 0.15) is 0 Å². The maximum atomic E-state index is 0. The molecule has 0 amide bonds. The summed E-state index contributed by atoms with van der Waals surface area (Å²) in [5, 5.41) is 0. The molecule has 3 radical (unpaired) electrons. The Morgan fingerprint density at radius 1 is 0.600 bits per heavy atom. The van der Waals surface area contributed by atoms with Crippen LogP contribution in [0.3, 0.4) is 0 Å². The van der Waals surface area contributed by atoms with Crippen molar-refractivity contribution in [3.63, 3.8) is 0 Å². The SMILES string of the molecule is [Bi+3].[Ce+3].[O-2].[O-2].[O-2]. The topological polar surface area (TPSA) is 85.5 Å². The Morgan fingerprint density at radius 3 is 0.600 bits per heavy atom. The first-order chi connectivity index (χ1) is 0. The molecule has 0 N–H and O–H groups in total. The van der Waals surface area contributed by atoms with E-state index in [-0.39, 0.29) is 84.4 Å². The molecule has 5 heavy (non-hydrogen) atoms. The molecule has 0 aromatic heterocycles. The number of hydrogen-bond donors (Lipinski definition) is 0. The van der Waals surface area contributed by atoms with Crippen molar-refractivity contribution < 1.29 is 58.2 Å². The van der Waals surface area contributed by atoms with E-state index in [1.165, 1.54) is 0 Å². The molecule has 0 aromatic rings. The third-order valence-electron chi connectivity index (χ3n) is 0. The minimum absolute atomic E-state index is 0. The summed E-state index contributed by atoms with van der Waals surface area (Å²) in [4.78, 5) is 0. The van der Waals surface area contributed by atoms with E-state index in [1.54, 1.807) is 0 Å². The average Bonchev–Trinajstić information content (AvgIpc) is 0. The van der Waals surface area contributed by atoms with Crippen LogP contribution in [0, 0.1) is 41.7 Å². The molecule has 0 spiro atoms. The molecule has 0 atom stereocenters. The monoisotopic (exact) mass is 397 g/mol. The van der Waals surface area contributed by atoms with E-state index in [4.69, 9.17) is 0 Å². The first-order valence-electron chi connectivity index (χ1n) is 0. The van der Waals surface area contributed by atoms with E-state index in [0.717, 1.165) is 0 Å². The van der Waals surface area contributed by atoms with Gasteiger partial charge in [-0.05, 0) is 0 Å². The molecule has 0 aliphatic heterocycles. The summed E-state index contributed by atoms with van der Waals surface area (Å²) in [6, 6.07) is 0. The number of hydrogen-bond acceptors (Lipinski definition) is 0. The fourth-order valence-electron chi connectivity index (χ4n) is 0. The normalized spacial score (nSPS) is 0. The standard InChI is InChI=1S/Bi.Ce.3O/q2*+3;3*-2. The first-order valence-corrected chi connectivity index (χ1v) is 0. The molecule has 3 nitrogen and oxygen atoms in total. The summed E-state index contributed by atoms with van der Waals surface area (Å²) in [5.41, 5.74) is 0. The molecule has 0 aromatic carbocycles. The van der Waals surface area contributed by atoms with Gasteiger partial charge >= 0.3 is 68.0 Å². The maximum Gasteiger partial charge on any atom is 3.00 e. The molecule has 0 bridgehead atoms. The second kappa shape index (κ2) is 35.4. The van der Waals surface area contributed by atoms with E-state index >= 15 is 0 Å². The van der Waals surface area contributed by atoms with Crippen molar-refractivity contribution in [1.29, 1.82) is 0 Å². The summed E-state index contributed by atoms with van der Waals surface area (Å²) in [7, 11) is 0. The fourth-order valence-corrected chi connectivity index (χ4v) is 0. The Kier molecular flexibility index (Phi) is 416. The van der Waals surface area contributed by atoms with Gasteiger partial charge in [-0.25, -0.2) is 0 Å². The quantitative estimate of drug-likeness (QED) is 0.483. The van der Waals surface area contributed by atoms with E-state index in [1.807, 2.05) is 0 Å². The Balaban J connectivity index is 0. The zero-order chi connectivity index (χ0) is 0. The second-order valence-electron chi connectivity index (χ2n) is 0. The molecule has 0 rings (SSSR count). The maximum absolute atomic E-state index is 0. The summed E-state index contributed by atoms with van der Waals surface area (Å²) < 4.78 is 0. The van der Waals surface area contributed by atoms with E-state index in [0.29, 0.717) is 0 Å². The minimum Gasteiger partial charge on any atom is -2.00 e. The molecule has 0 saturated heterocycles. The Hall–Kier alpha value is 2.14. The predicted octanol–water partition coefficient (Wildman–Crippen LogP) is -0.737. The van der Waals surface area contributed by atoms with Gasteiger partial charge in [0, 0.05) is 0 Å². The van der Waals surface area contributed by atoms with Crippen LogP contribution in [-0.4, -0.2) is 26.2 Å². The molecular formula is BiCeO3. The molecule has 0 fully saturated rings. The zero-order valence-corrected chi connectivity index (χ0v) is 8.79. The van der Waals surface area contributed by atoms with Crippen molar-refractivity contribution in [2.75, 3.05) is 0 Å². The van der Waals surface area contributed by atoms with Gasteiger partial charge in [-0.2, -0.15) is 0 Å². The summed E-state index contributed by atoms with van der Waals surface area (Å²) >= 11 is 0. The summed E-state index contributed by atoms with van der Waals surface area (Å²) in [5.74, 6) is 0. The van der Waals surface area contributed by atoms with Gasteiger partial charge < -0.3 is 16.4 Å². The third kappa shape index (κ3) is 23.0. The van der Waals surface area contributed by atoms with Crippen LogP contribution >= 0.6 is 0 Å². The fraction of sp³-hybridized carbons (Fsp3) is 0. The predicted molar refractivity (Wildman–Crippen MR) is 7.81 cm³/mol. The van der Waals surface area contributed by atoms with Crippen LogP contribution in [0.4, 0.5) is 0 Å². The Bertz CT molecular complexity index is 6.85. The Morgan fingerprint density at radius 2 is 0.600 bits per heavy atom. The summed E-state index contributed by atoms with van der Waals surface area (Å²) in [6.07, 6.45) is 0. The van der Waals surface area contributed by atoms with Crippen molar-refractivity contribution in [3.8, 4) is 0 Å². The van der Waals surface area contributed by atoms with Gasteiger partial charge in [0.25, 0.3) is 0 Å². The number of rotatable bonds is 0. The molecule has 0 aliphatic carbocycles. The van der Waals surface area contributed by atoms with Crippen molar-refractivity contribution in [3.05, 3.63) is 0 Å². The molecule has 5 heteroatoms. The van der Waals surface area contributed by atoms with Crippen LogP contribution in [0.25, 0.3) is 0 Å².